The van der Waals surface area contributed by atoms with Gasteiger partial charge in [0.1, 0.15) is 5.69 Å². The predicted molar refractivity (Wildman–Crippen MR) is 69.3 cm³/mol. The van der Waals surface area contributed by atoms with Crippen LogP contribution in [0.15, 0.2) is 35.7 Å². The van der Waals surface area contributed by atoms with Crippen LogP contribution in [0, 0.1) is 6.92 Å². The van der Waals surface area contributed by atoms with Crippen LogP contribution in [0.1, 0.15) is 5.69 Å². The summed E-state index contributed by atoms with van der Waals surface area (Å²) in [7, 11) is 1.92. The summed E-state index contributed by atoms with van der Waals surface area (Å²) in [5.41, 5.74) is 1.89. The topological polar surface area (TPSA) is 45.0 Å². The largest absolute Gasteiger partial charge is 1.00 e. The lowest BCUT2D eigenvalue weighted by atomic mass is 10.3. The summed E-state index contributed by atoms with van der Waals surface area (Å²) in [6.07, 6.45) is 0. The Labute approximate surface area is 116 Å². The molecule has 2 rings (SSSR count). The zero-order valence-corrected chi connectivity index (χ0v) is 11.7. The minimum atomic E-state index is -0.228. The number of rotatable bonds is 2. The fourth-order valence-corrected chi connectivity index (χ4v) is 2.25. The fourth-order valence-electron chi connectivity index (χ4n) is 1.35. The van der Waals surface area contributed by atoms with Crippen molar-refractivity contribution in [3.05, 3.63) is 41.4 Å². The first-order valence-corrected chi connectivity index (χ1v) is 6.12. The number of halogens is 1. The zero-order chi connectivity index (χ0) is 12.3. The van der Waals surface area contributed by atoms with E-state index in [0.29, 0.717) is 0 Å². The molecule has 1 heterocycles. The van der Waals surface area contributed by atoms with Gasteiger partial charge in [0, 0.05) is 11.1 Å². The molecule has 0 aliphatic heterocycles. The number of carbonyl (C=O) groups is 1. The Bertz CT molecular complexity index is 527. The molecule has 6 heteroatoms. The first kappa shape index (κ1) is 14.5. The molecule has 1 aromatic carbocycles. The predicted octanol–water partition coefficient (Wildman–Crippen LogP) is -0.471. The van der Waals surface area contributed by atoms with Crippen LogP contribution in [0.25, 0.3) is 0 Å². The molecular weight excluding hydrogens is 270 g/mol. The summed E-state index contributed by atoms with van der Waals surface area (Å²) in [6.45, 7) is 2.00. The number of nitrogens with one attached hydrogen (secondary N) is 2. The standard InChI is InChI=1S/C12H13N3OS.ClH/c1-9-8-17-12(15(9)2)14-11(16)13-10-6-4-3-5-7-10;/h3-8H,1-2H3,(H,13,16);1H. The molecular formula is C12H14ClN3OS. The lowest BCUT2D eigenvalue weighted by Gasteiger charge is -2.01. The van der Waals surface area contributed by atoms with E-state index in [2.05, 4.69) is 10.6 Å². The van der Waals surface area contributed by atoms with Crippen molar-refractivity contribution in [3.63, 3.8) is 0 Å². The van der Waals surface area contributed by atoms with E-state index in [0.717, 1.165) is 16.5 Å². The zero-order valence-electron chi connectivity index (χ0n) is 10.1. The van der Waals surface area contributed by atoms with E-state index >= 15 is 0 Å². The van der Waals surface area contributed by atoms with Gasteiger partial charge in [0.25, 0.3) is 0 Å². The quantitative estimate of drug-likeness (QED) is 0.719. The highest BCUT2D eigenvalue weighted by Gasteiger charge is 2.15. The molecule has 0 spiro atoms. The molecule has 4 nitrogen and oxygen atoms in total. The molecule has 96 valence electrons. The Kier molecular flexibility index (Phi) is 5.12. The average molecular weight is 284 g/mol. The van der Waals surface area contributed by atoms with Gasteiger partial charge < -0.3 is 12.4 Å². The van der Waals surface area contributed by atoms with Crippen molar-refractivity contribution >= 4 is 28.2 Å². The van der Waals surface area contributed by atoms with Crippen LogP contribution < -0.4 is 27.6 Å². The molecule has 18 heavy (non-hydrogen) atoms. The van der Waals surface area contributed by atoms with Crippen molar-refractivity contribution in [1.29, 1.82) is 0 Å². The monoisotopic (exact) mass is 283 g/mol. The number of thiazole rings is 1. The number of nitrogens with zero attached hydrogens (tertiary/aromatic N) is 1. The van der Waals surface area contributed by atoms with Crippen LogP contribution in [-0.2, 0) is 7.05 Å². The Morgan fingerprint density at radius 3 is 2.44 bits per heavy atom. The van der Waals surface area contributed by atoms with Gasteiger partial charge in [0.05, 0.1) is 7.05 Å². The average Bonchev–Trinajstić information content (AvgIpc) is 2.62. The highest BCUT2D eigenvalue weighted by atomic mass is 35.5. The second-order valence-corrected chi connectivity index (χ2v) is 4.54. The normalized spacial score (nSPS) is 9.44. The van der Waals surface area contributed by atoms with Crippen molar-refractivity contribution in [2.24, 2.45) is 7.05 Å². The van der Waals surface area contributed by atoms with E-state index in [-0.39, 0.29) is 18.4 Å². The van der Waals surface area contributed by atoms with Gasteiger partial charge in [-0.3, -0.25) is 5.32 Å². The summed E-state index contributed by atoms with van der Waals surface area (Å²) < 4.78 is 1.94. The maximum Gasteiger partial charge on any atom is 0.411 e. The van der Waals surface area contributed by atoms with Crippen molar-refractivity contribution in [3.8, 4) is 0 Å². The SMILES string of the molecule is Cc1csc(NC(=O)Nc2ccccc2)[n+]1C.[Cl-]. The molecule has 0 unspecified atom stereocenters. The number of urea groups is 1. The Morgan fingerprint density at radius 1 is 1.22 bits per heavy atom. The van der Waals surface area contributed by atoms with Crippen LogP contribution in [-0.4, -0.2) is 6.03 Å². The number of benzene rings is 1. The van der Waals surface area contributed by atoms with Gasteiger partial charge in [-0.25, -0.2) is 9.36 Å². The number of hydrogen-bond acceptors (Lipinski definition) is 2. The van der Waals surface area contributed by atoms with Crippen molar-refractivity contribution in [1.82, 2.24) is 0 Å². The fraction of sp³-hybridized carbons (Fsp3) is 0.167. The Morgan fingerprint density at radius 2 is 1.89 bits per heavy atom. The number of amides is 2. The third-order valence-electron chi connectivity index (χ3n) is 2.43. The van der Waals surface area contributed by atoms with Gasteiger partial charge >= 0.3 is 11.2 Å². The molecule has 0 bridgehead atoms. The van der Waals surface area contributed by atoms with Crippen LogP contribution in [0.4, 0.5) is 15.6 Å². The molecule has 0 saturated heterocycles. The summed E-state index contributed by atoms with van der Waals surface area (Å²) in [5.74, 6) is 0. The lowest BCUT2D eigenvalue weighted by molar-refractivity contribution is -0.658. The maximum absolute atomic E-state index is 11.7. The van der Waals surface area contributed by atoms with Crippen molar-refractivity contribution in [2.45, 2.75) is 6.92 Å². The molecule has 0 radical (unpaired) electrons. The third-order valence-corrected chi connectivity index (χ3v) is 3.49. The highest BCUT2D eigenvalue weighted by Crippen LogP contribution is 2.12. The third kappa shape index (κ3) is 3.45. The molecule has 0 aliphatic rings. The minimum Gasteiger partial charge on any atom is -1.00 e. The molecule has 2 amide bonds. The van der Waals surface area contributed by atoms with E-state index in [1.165, 1.54) is 11.3 Å². The summed E-state index contributed by atoms with van der Waals surface area (Å²) >= 11 is 1.51. The van der Waals surface area contributed by atoms with Gasteiger partial charge in [-0.1, -0.05) is 29.5 Å². The summed E-state index contributed by atoms with van der Waals surface area (Å²) in [4.78, 5) is 11.7. The first-order chi connectivity index (χ1) is 8.16. The lowest BCUT2D eigenvalue weighted by Crippen LogP contribution is -3.00. The summed E-state index contributed by atoms with van der Waals surface area (Å²) in [6, 6.07) is 9.13. The van der Waals surface area contributed by atoms with E-state index in [1.807, 2.05) is 54.3 Å². The van der Waals surface area contributed by atoms with E-state index < -0.39 is 0 Å². The molecule has 0 fully saturated rings. The van der Waals surface area contributed by atoms with Crippen LogP contribution in [0.5, 0.6) is 0 Å². The van der Waals surface area contributed by atoms with Gasteiger partial charge in [0.15, 0.2) is 0 Å². The number of aryl methyl sites for hydroxylation is 1. The van der Waals surface area contributed by atoms with E-state index in [9.17, 15) is 4.79 Å². The Balaban J connectivity index is 0.00000162. The van der Waals surface area contributed by atoms with Crippen molar-refractivity contribution < 1.29 is 21.8 Å². The van der Waals surface area contributed by atoms with Gasteiger partial charge in [-0.15, -0.1) is 0 Å². The van der Waals surface area contributed by atoms with Crippen LogP contribution in [0.2, 0.25) is 0 Å². The van der Waals surface area contributed by atoms with Gasteiger partial charge in [-0.2, -0.15) is 5.32 Å². The number of aromatic nitrogens is 1. The molecule has 2 N–H and O–H groups in total. The summed E-state index contributed by atoms with van der Waals surface area (Å²) in [5, 5.41) is 8.39. The van der Waals surface area contributed by atoms with E-state index in [4.69, 9.17) is 0 Å². The second kappa shape index (κ2) is 6.37. The first-order valence-electron chi connectivity index (χ1n) is 5.24. The highest BCUT2D eigenvalue weighted by molar-refractivity contribution is 7.13. The maximum atomic E-state index is 11.7. The van der Waals surface area contributed by atoms with Gasteiger partial charge in [-0.05, 0) is 19.1 Å². The van der Waals surface area contributed by atoms with Crippen molar-refractivity contribution in [2.75, 3.05) is 10.6 Å². The molecule has 2 aromatic rings. The van der Waals surface area contributed by atoms with Crippen LogP contribution in [0.3, 0.4) is 0 Å². The van der Waals surface area contributed by atoms with Gasteiger partial charge in [0.2, 0.25) is 0 Å². The Hall–Kier alpha value is -1.59. The molecule has 0 saturated carbocycles. The number of hydrogen-bond donors (Lipinski definition) is 2. The second-order valence-electron chi connectivity index (χ2n) is 3.69. The van der Waals surface area contributed by atoms with Crippen LogP contribution >= 0.6 is 11.3 Å². The smallest absolute Gasteiger partial charge is 0.411 e. The molecule has 1 aromatic heterocycles. The van der Waals surface area contributed by atoms with E-state index in [1.54, 1.807) is 0 Å². The number of anilines is 2. The molecule has 0 atom stereocenters. The number of carbonyl (C=O) groups excluding carboxylic acids is 1. The molecule has 0 aliphatic carbocycles. The number of para-hydroxylation sites is 1. The minimum absolute atomic E-state index is 0.